The first-order valence-corrected chi connectivity index (χ1v) is 9.03. The highest BCUT2D eigenvalue weighted by molar-refractivity contribution is 5.74. The standard InChI is InChI=1S/C19H29N3O3/c1-21(2)13-17-8-9-19(25-17)14-22(10-11-24-15-19)18(23)20-12-16-6-4-3-5-7-16/h3-7,17H,8-15H2,1-2H3,(H,20,23). The van der Waals surface area contributed by atoms with Crippen LogP contribution in [0.4, 0.5) is 4.79 Å². The SMILES string of the molecule is CN(C)CC1CCC2(COCCN(C(=O)NCc3ccccc3)C2)O1. The summed E-state index contributed by atoms with van der Waals surface area (Å²) in [5, 5.41) is 3.01. The van der Waals surface area contributed by atoms with Gasteiger partial charge in [0, 0.05) is 19.6 Å². The van der Waals surface area contributed by atoms with Gasteiger partial charge in [-0.25, -0.2) is 4.79 Å². The van der Waals surface area contributed by atoms with Gasteiger partial charge in [-0.1, -0.05) is 30.3 Å². The largest absolute Gasteiger partial charge is 0.377 e. The smallest absolute Gasteiger partial charge is 0.317 e. The topological polar surface area (TPSA) is 54.0 Å². The van der Waals surface area contributed by atoms with Crippen LogP contribution in [0.25, 0.3) is 0 Å². The molecule has 138 valence electrons. The number of benzene rings is 1. The maximum atomic E-state index is 12.6. The van der Waals surface area contributed by atoms with Gasteiger partial charge in [-0.2, -0.15) is 0 Å². The molecule has 6 nitrogen and oxygen atoms in total. The second kappa shape index (κ2) is 8.17. The highest BCUT2D eigenvalue weighted by Crippen LogP contribution is 2.33. The number of carbonyl (C=O) groups is 1. The first kappa shape index (κ1) is 18.2. The van der Waals surface area contributed by atoms with Crippen LogP contribution in [-0.4, -0.2) is 74.5 Å². The Balaban J connectivity index is 1.57. The van der Waals surface area contributed by atoms with E-state index in [9.17, 15) is 4.79 Å². The lowest BCUT2D eigenvalue weighted by Gasteiger charge is -2.32. The Morgan fingerprint density at radius 1 is 1.36 bits per heavy atom. The average molecular weight is 347 g/mol. The number of nitrogens with zero attached hydrogens (tertiary/aromatic N) is 2. The maximum absolute atomic E-state index is 12.6. The Hall–Kier alpha value is -1.63. The van der Waals surface area contributed by atoms with Crippen LogP contribution in [0.3, 0.4) is 0 Å². The molecule has 25 heavy (non-hydrogen) atoms. The summed E-state index contributed by atoms with van der Waals surface area (Å²) in [6, 6.07) is 9.91. The molecule has 2 aliphatic heterocycles. The third kappa shape index (κ3) is 4.93. The van der Waals surface area contributed by atoms with E-state index in [1.165, 1.54) is 0 Å². The third-order valence-corrected chi connectivity index (χ3v) is 4.83. The Morgan fingerprint density at radius 2 is 2.16 bits per heavy atom. The summed E-state index contributed by atoms with van der Waals surface area (Å²) in [6.45, 7) is 3.76. The van der Waals surface area contributed by atoms with Gasteiger partial charge in [0.05, 0.1) is 25.9 Å². The van der Waals surface area contributed by atoms with E-state index in [0.717, 1.165) is 24.9 Å². The Morgan fingerprint density at radius 3 is 2.92 bits per heavy atom. The number of hydrogen-bond donors (Lipinski definition) is 1. The fraction of sp³-hybridized carbons (Fsp3) is 0.632. The van der Waals surface area contributed by atoms with Crippen LogP contribution >= 0.6 is 0 Å². The van der Waals surface area contributed by atoms with Crippen molar-refractivity contribution in [1.29, 1.82) is 0 Å². The summed E-state index contributed by atoms with van der Waals surface area (Å²) in [5.41, 5.74) is 0.737. The zero-order valence-corrected chi connectivity index (χ0v) is 15.2. The molecule has 0 aromatic heterocycles. The molecular weight excluding hydrogens is 318 g/mol. The van der Waals surface area contributed by atoms with E-state index in [1.807, 2.05) is 35.2 Å². The van der Waals surface area contributed by atoms with Crippen LogP contribution in [-0.2, 0) is 16.0 Å². The molecule has 1 N–H and O–H groups in total. The molecular formula is C19H29N3O3. The zero-order chi connectivity index (χ0) is 17.7. The Kier molecular flexibility index (Phi) is 5.93. The van der Waals surface area contributed by atoms with Crippen molar-refractivity contribution in [2.75, 3.05) is 46.9 Å². The number of nitrogens with one attached hydrogen (secondary N) is 1. The molecule has 2 fully saturated rings. The van der Waals surface area contributed by atoms with E-state index in [4.69, 9.17) is 9.47 Å². The number of carbonyl (C=O) groups excluding carboxylic acids is 1. The first-order valence-electron chi connectivity index (χ1n) is 9.03. The highest BCUT2D eigenvalue weighted by Gasteiger charge is 2.44. The summed E-state index contributed by atoms with van der Waals surface area (Å²) in [4.78, 5) is 16.6. The van der Waals surface area contributed by atoms with Crippen LogP contribution in [0.15, 0.2) is 30.3 Å². The molecule has 1 aromatic carbocycles. The van der Waals surface area contributed by atoms with Crippen molar-refractivity contribution in [3.05, 3.63) is 35.9 Å². The lowest BCUT2D eigenvalue weighted by atomic mass is 10.00. The van der Waals surface area contributed by atoms with Gasteiger partial charge in [-0.05, 0) is 32.5 Å². The van der Waals surface area contributed by atoms with Crippen molar-refractivity contribution in [3.8, 4) is 0 Å². The minimum Gasteiger partial charge on any atom is -0.377 e. The van der Waals surface area contributed by atoms with E-state index in [-0.39, 0.29) is 17.7 Å². The van der Waals surface area contributed by atoms with Crippen molar-refractivity contribution in [2.45, 2.75) is 31.1 Å². The van der Waals surface area contributed by atoms with Crippen LogP contribution in [0.1, 0.15) is 18.4 Å². The second-order valence-corrected chi connectivity index (χ2v) is 7.34. The number of rotatable bonds is 4. The lowest BCUT2D eigenvalue weighted by molar-refractivity contribution is -0.0873. The lowest BCUT2D eigenvalue weighted by Crippen LogP contribution is -2.49. The molecule has 3 rings (SSSR count). The van der Waals surface area contributed by atoms with E-state index in [1.54, 1.807) is 0 Å². The van der Waals surface area contributed by atoms with E-state index in [0.29, 0.717) is 32.8 Å². The van der Waals surface area contributed by atoms with Crippen LogP contribution < -0.4 is 5.32 Å². The van der Waals surface area contributed by atoms with Gasteiger partial charge in [0.1, 0.15) is 5.60 Å². The molecule has 2 amide bonds. The number of ether oxygens (including phenoxy) is 2. The summed E-state index contributed by atoms with van der Waals surface area (Å²) in [7, 11) is 4.11. The van der Waals surface area contributed by atoms with Crippen LogP contribution in [0, 0.1) is 0 Å². The van der Waals surface area contributed by atoms with E-state index >= 15 is 0 Å². The summed E-state index contributed by atoms with van der Waals surface area (Å²) in [6.07, 6.45) is 2.17. The molecule has 2 atom stereocenters. The second-order valence-electron chi connectivity index (χ2n) is 7.34. The molecule has 0 aliphatic carbocycles. The first-order chi connectivity index (χ1) is 12.1. The quantitative estimate of drug-likeness (QED) is 0.901. The summed E-state index contributed by atoms with van der Waals surface area (Å²) < 4.78 is 12.1. The number of hydrogen-bond acceptors (Lipinski definition) is 4. The third-order valence-electron chi connectivity index (χ3n) is 4.83. The minimum absolute atomic E-state index is 0.0478. The minimum atomic E-state index is -0.360. The van der Waals surface area contributed by atoms with Crippen molar-refractivity contribution in [1.82, 2.24) is 15.1 Å². The van der Waals surface area contributed by atoms with E-state index < -0.39 is 0 Å². The summed E-state index contributed by atoms with van der Waals surface area (Å²) in [5.74, 6) is 0. The number of amides is 2. The molecule has 2 unspecified atom stereocenters. The zero-order valence-electron chi connectivity index (χ0n) is 15.2. The molecule has 2 heterocycles. The van der Waals surface area contributed by atoms with E-state index in [2.05, 4.69) is 24.3 Å². The predicted molar refractivity (Wildman–Crippen MR) is 96.5 cm³/mol. The molecule has 0 bridgehead atoms. The van der Waals surface area contributed by atoms with Gasteiger partial charge in [0.15, 0.2) is 0 Å². The van der Waals surface area contributed by atoms with Crippen LogP contribution in [0.2, 0.25) is 0 Å². The monoisotopic (exact) mass is 347 g/mol. The van der Waals surface area contributed by atoms with Crippen molar-refractivity contribution in [3.63, 3.8) is 0 Å². The fourth-order valence-electron chi connectivity index (χ4n) is 3.62. The number of likely N-dealkylation sites (N-methyl/N-ethyl adjacent to an activating group) is 1. The van der Waals surface area contributed by atoms with Crippen molar-refractivity contribution in [2.24, 2.45) is 0 Å². The summed E-state index contributed by atoms with van der Waals surface area (Å²) >= 11 is 0. The Labute approximate surface area is 150 Å². The number of urea groups is 1. The van der Waals surface area contributed by atoms with Gasteiger partial charge in [-0.15, -0.1) is 0 Å². The van der Waals surface area contributed by atoms with Crippen molar-refractivity contribution >= 4 is 6.03 Å². The molecule has 1 aromatic rings. The van der Waals surface area contributed by atoms with Gasteiger partial charge in [-0.3, -0.25) is 0 Å². The molecule has 0 saturated carbocycles. The normalized spacial score (nSPS) is 26.8. The molecule has 1 spiro atoms. The van der Waals surface area contributed by atoms with Gasteiger partial charge in [0.2, 0.25) is 0 Å². The molecule has 6 heteroatoms. The Bertz CT molecular complexity index is 566. The molecule has 2 aliphatic rings. The molecule has 0 radical (unpaired) electrons. The fourth-order valence-corrected chi connectivity index (χ4v) is 3.62. The van der Waals surface area contributed by atoms with Crippen LogP contribution in [0.5, 0.6) is 0 Å². The van der Waals surface area contributed by atoms with Crippen molar-refractivity contribution < 1.29 is 14.3 Å². The van der Waals surface area contributed by atoms with Gasteiger partial charge < -0.3 is 24.6 Å². The average Bonchev–Trinajstić information content (AvgIpc) is 2.85. The predicted octanol–water partition coefficient (Wildman–Crippen LogP) is 1.71. The maximum Gasteiger partial charge on any atom is 0.317 e. The van der Waals surface area contributed by atoms with Gasteiger partial charge >= 0.3 is 6.03 Å². The highest BCUT2D eigenvalue weighted by atomic mass is 16.6. The van der Waals surface area contributed by atoms with Gasteiger partial charge in [0.25, 0.3) is 0 Å². The molecule has 2 saturated heterocycles.